The van der Waals surface area contributed by atoms with Crippen LogP contribution < -0.4 is 4.74 Å². The maximum Gasteiger partial charge on any atom is 0.119 e. The van der Waals surface area contributed by atoms with Gasteiger partial charge in [0.15, 0.2) is 0 Å². The molecular formula is C23H25NO. The van der Waals surface area contributed by atoms with E-state index in [1.807, 2.05) is 30.3 Å². The maximum atomic E-state index is 5.88. The topological polar surface area (TPSA) is 12.5 Å². The lowest BCUT2D eigenvalue weighted by Gasteiger charge is -2.22. The molecule has 0 aromatic heterocycles. The summed E-state index contributed by atoms with van der Waals surface area (Å²) >= 11 is 0. The van der Waals surface area contributed by atoms with Gasteiger partial charge >= 0.3 is 0 Å². The first-order valence-corrected chi connectivity index (χ1v) is 8.88. The second-order valence-corrected chi connectivity index (χ2v) is 6.16. The molecule has 128 valence electrons. The third-order valence-corrected chi connectivity index (χ3v) is 4.23. The fourth-order valence-electron chi connectivity index (χ4n) is 2.85. The smallest absolute Gasteiger partial charge is 0.119 e. The molecule has 0 atom stereocenters. The fourth-order valence-corrected chi connectivity index (χ4v) is 2.85. The quantitative estimate of drug-likeness (QED) is 0.558. The van der Waals surface area contributed by atoms with E-state index in [-0.39, 0.29) is 0 Å². The van der Waals surface area contributed by atoms with Gasteiger partial charge in [-0.15, -0.1) is 0 Å². The van der Waals surface area contributed by atoms with Crippen molar-refractivity contribution in [3.63, 3.8) is 0 Å². The molecule has 0 bridgehead atoms. The summed E-state index contributed by atoms with van der Waals surface area (Å²) < 4.78 is 5.88. The SMILES string of the molecule is c1ccc(CCN(CCOc2ccccc2)Cc2ccccc2)cc1. The number of nitrogens with zero attached hydrogens (tertiary/aromatic N) is 1. The van der Waals surface area contributed by atoms with Crippen molar-refractivity contribution in [2.75, 3.05) is 19.7 Å². The molecule has 2 heteroatoms. The third-order valence-electron chi connectivity index (χ3n) is 4.23. The van der Waals surface area contributed by atoms with Crippen LogP contribution >= 0.6 is 0 Å². The van der Waals surface area contributed by atoms with Gasteiger partial charge in [-0.1, -0.05) is 78.9 Å². The molecule has 0 aliphatic heterocycles. The van der Waals surface area contributed by atoms with Crippen LogP contribution in [0.25, 0.3) is 0 Å². The molecule has 0 aliphatic rings. The molecule has 25 heavy (non-hydrogen) atoms. The van der Waals surface area contributed by atoms with E-state index in [4.69, 9.17) is 4.74 Å². The molecule has 0 heterocycles. The second-order valence-electron chi connectivity index (χ2n) is 6.16. The Balaban J connectivity index is 1.55. The molecule has 0 saturated carbocycles. The summed E-state index contributed by atoms with van der Waals surface area (Å²) in [7, 11) is 0. The zero-order valence-electron chi connectivity index (χ0n) is 14.6. The summed E-state index contributed by atoms with van der Waals surface area (Å²) in [4.78, 5) is 2.46. The van der Waals surface area contributed by atoms with E-state index < -0.39 is 0 Å². The van der Waals surface area contributed by atoms with E-state index in [1.165, 1.54) is 11.1 Å². The van der Waals surface area contributed by atoms with Crippen molar-refractivity contribution in [2.45, 2.75) is 13.0 Å². The first-order valence-electron chi connectivity index (χ1n) is 8.88. The Hall–Kier alpha value is -2.58. The first-order chi connectivity index (χ1) is 12.4. The summed E-state index contributed by atoms with van der Waals surface area (Å²) in [6.45, 7) is 3.59. The number of rotatable bonds is 9. The highest BCUT2D eigenvalue weighted by Gasteiger charge is 2.07. The molecule has 0 saturated heterocycles. The zero-order valence-corrected chi connectivity index (χ0v) is 14.6. The van der Waals surface area contributed by atoms with Crippen LogP contribution in [0, 0.1) is 0 Å². The highest BCUT2D eigenvalue weighted by atomic mass is 16.5. The van der Waals surface area contributed by atoms with Crippen molar-refractivity contribution in [2.24, 2.45) is 0 Å². The molecule has 3 aromatic carbocycles. The Morgan fingerprint density at radius 3 is 1.80 bits per heavy atom. The predicted molar refractivity (Wildman–Crippen MR) is 104 cm³/mol. The van der Waals surface area contributed by atoms with Gasteiger partial charge in [-0.2, -0.15) is 0 Å². The number of benzene rings is 3. The zero-order chi connectivity index (χ0) is 17.2. The van der Waals surface area contributed by atoms with Gasteiger partial charge in [0, 0.05) is 19.6 Å². The molecule has 3 rings (SSSR count). The van der Waals surface area contributed by atoms with Crippen LogP contribution in [0.4, 0.5) is 0 Å². The fraction of sp³-hybridized carbons (Fsp3) is 0.217. The van der Waals surface area contributed by atoms with Crippen LogP contribution in [-0.2, 0) is 13.0 Å². The summed E-state index contributed by atoms with van der Waals surface area (Å²) in [5.41, 5.74) is 2.72. The lowest BCUT2D eigenvalue weighted by Crippen LogP contribution is -2.30. The van der Waals surface area contributed by atoms with Crippen molar-refractivity contribution in [1.82, 2.24) is 4.90 Å². The van der Waals surface area contributed by atoms with Gasteiger partial charge in [-0.25, -0.2) is 0 Å². The number of hydrogen-bond acceptors (Lipinski definition) is 2. The average Bonchev–Trinajstić information content (AvgIpc) is 2.68. The van der Waals surface area contributed by atoms with Crippen molar-refractivity contribution >= 4 is 0 Å². The van der Waals surface area contributed by atoms with E-state index in [0.29, 0.717) is 6.61 Å². The van der Waals surface area contributed by atoms with Crippen LogP contribution in [-0.4, -0.2) is 24.6 Å². The van der Waals surface area contributed by atoms with E-state index in [0.717, 1.165) is 31.8 Å². The molecule has 0 unspecified atom stereocenters. The lowest BCUT2D eigenvalue weighted by atomic mass is 10.1. The Morgan fingerprint density at radius 2 is 1.16 bits per heavy atom. The summed E-state index contributed by atoms with van der Waals surface area (Å²) in [5.74, 6) is 0.935. The van der Waals surface area contributed by atoms with Crippen molar-refractivity contribution < 1.29 is 4.74 Å². The summed E-state index contributed by atoms with van der Waals surface area (Å²) in [5, 5.41) is 0. The maximum absolute atomic E-state index is 5.88. The van der Waals surface area contributed by atoms with Crippen molar-refractivity contribution in [1.29, 1.82) is 0 Å². The number of para-hydroxylation sites is 1. The Bertz CT molecular complexity index is 713. The van der Waals surface area contributed by atoms with Gasteiger partial charge in [0.2, 0.25) is 0 Å². The van der Waals surface area contributed by atoms with E-state index in [1.54, 1.807) is 0 Å². The van der Waals surface area contributed by atoms with Gasteiger partial charge in [-0.05, 0) is 29.7 Å². The minimum atomic E-state index is 0.700. The molecule has 0 fully saturated rings. The van der Waals surface area contributed by atoms with Crippen LogP contribution in [0.5, 0.6) is 5.75 Å². The minimum Gasteiger partial charge on any atom is -0.492 e. The normalized spacial score (nSPS) is 10.8. The highest BCUT2D eigenvalue weighted by Crippen LogP contribution is 2.10. The minimum absolute atomic E-state index is 0.700. The van der Waals surface area contributed by atoms with Crippen molar-refractivity contribution in [3.8, 4) is 5.75 Å². The van der Waals surface area contributed by atoms with Crippen LogP contribution in [0.1, 0.15) is 11.1 Å². The van der Waals surface area contributed by atoms with E-state index >= 15 is 0 Å². The molecule has 0 amide bonds. The van der Waals surface area contributed by atoms with Crippen LogP contribution in [0.2, 0.25) is 0 Å². The van der Waals surface area contributed by atoms with Crippen LogP contribution in [0.3, 0.4) is 0 Å². The van der Waals surface area contributed by atoms with Gasteiger partial charge in [0.1, 0.15) is 12.4 Å². The Labute approximate surface area is 150 Å². The van der Waals surface area contributed by atoms with Gasteiger partial charge in [-0.3, -0.25) is 4.90 Å². The van der Waals surface area contributed by atoms with Gasteiger partial charge in [0.25, 0.3) is 0 Å². The summed E-state index contributed by atoms with van der Waals surface area (Å²) in [6, 6.07) is 31.4. The average molecular weight is 331 g/mol. The van der Waals surface area contributed by atoms with Crippen LogP contribution in [0.15, 0.2) is 91.0 Å². The molecule has 0 spiro atoms. The first kappa shape index (κ1) is 17.2. The standard InChI is InChI=1S/C23H25NO/c1-4-10-21(11-5-1)16-17-24(20-22-12-6-2-7-13-22)18-19-25-23-14-8-3-9-15-23/h1-15H,16-20H2. The predicted octanol–water partition coefficient (Wildman–Crippen LogP) is 4.81. The van der Waals surface area contributed by atoms with Crippen molar-refractivity contribution in [3.05, 3.63) is 102 Å². The van der Waals surface area contributed by atoms with E-state index in [9.17, 15) is 0 Å². The highest BCUT2D eigenvalue weighted by molar-refractivity contribution is 5.21. The molecule has 0 aliphatic carbocycles. The largest absolute Gasteiger partial charge is 0.492 e. The van der Waals surface area contributed by atoms with Gasteiger partial charge < -0.3 is 4.74 Å². The van der Waals surface area contributed by atoms with E-state index in [2.05, 4.69) is 65.6 Å². The molecule has 0 radical (unpaired) electrons. The summed E-state index contributed by atoms with van der Waals surface area (Å²) in [6.07, 6.45) is 1.05. The Kier molecular flexibility index (Phi) is 6.66. The van der Waals surface area contributed by atoms with Gasteiger partial charge in [0.05, 0.1) is 0 Å². The Morgan fingerprint density at radius 1 is 0.600 bits per heavy atom. The molecule has 2 nitrogen and oxygen atoms in total. The molecule has 0 N–H and O–H groups in total. The number of hydrogen-bond donors (Lipinski definition) is 0. The third kappa shape index (κ3) is 6.09. The molecular weight excluding hydrogens is 306 g/mol. The molecule has 3 aromatic rings. The number of ether oxygens (including phenoxy) is 1. The second kappa shape index (κ2) is 9.65. The lowest BCUT2D eigenvalue weighted by molar-refractivity contribution is 0.204. The monoisotopic (exact) mass is 331 g/mol.